The number of benzene rings is 2. The zero-order chi connectivity index (χ0) is 18.1. The lowest BCUT2D eigenvalue weighted by molar-refractivity contribution is 0.0766. The molecule has 1 saturated heterocycles. The van der Waals surface area contributed by atoms with Gasteiger partial charge in [0, 0.05) is 29.7 Å². The van der Waals surface area contributed by atoms with E-state index in [0.717, 1.165) is 16.3 Å². The highest BCUT2D eigenvalue weighted by Gasteiger charge is 2.26. The maximum Gasteiger partial charge on any atom is 0.282 e. The molecule has 26 heavy (non-hydrogen) atoms. The first-order valence-corrected chi connectivity index (χ1v) is 10.2. The fourth-order valence-corrected chi connectivity index (χ4v) is 5.26. The molecule has 4 rings (SSSR count). The SMILES string of the molecule is O=C(c1nc2ccccc2s1)N1CCS[C@@H](c2cc(F)ccc2F)CC1. The van der Waals surface area contributed by atoms with Gasteiger partial charge >= 0.3 is 0 Å². The molecule has 0 N–H and O–H groups in total. The maximum absolute atomic E-state index is 14.1. The van der Waals surface area contributed by atoms with Gasteiger partial charge in [0.1, 0.15) is 11.6 Å². The van der Waals surface area contributed by atoms with E-state index in [1.54, 1.807) is 16.7 Å². The van der Waals surface area contributed by atoms with E-state index in [0.29, 0.717) is 35.8 Å². The molecule has 3 nitrogen and oxygen atoms in total. The third kappa shape index (κ3) is 3.46. The number of thioether (sulfide) groups is 1. The Morgan fingerprint density at radius 1 is 1.15 bits per heavy atom. The minimum Gasteiger partial charge on any atom is -0.336 e. The van der Waals surface area contributed by atoms with Crippen LogP contribution < -0.4 is 0 Å². The van der Waals surface area contributed by atoms with E-state index in [4.69, 9.17) is 0 Å². The Balaban J connectivity index is 1.51. The van der Waals surface area contributed by atoms with E-state index in [1.165, 1.54) is 23.5 Å². The first-order valence-electron chi connectivity index (χ1n) is 8.33. The lowest BCUT2D eigenvalue weighted by Crippen LogP contribution is -2.32. The molecule has 0 bridgehead atoms. The molecule has 3 aromatic rings. The minimum absolute atomic E-state index is 0.0906. The second-order valence-corrected chi connectivity index (χ2v) is 8.43. The third-order valence-electron chi connectivity index (χ3n) is 4.41. The third-order valence-corrected chi connectivity index (χ3v) is 6.75. The van der Waals surface area contributed by atoms with Crippen molar-refractivity contribution in [2.24, 2.45) is 0 Å². The molecule has 1 fully saturated rings. The molecular weight excluding hydrogens is 374 g/mol. The van der Waals surface area contributed by atoms with Crippen LogP contribution in [0.2, 0.25) is 0 Å². The van der Waals surface area contributed by atoms with Crippen LogP contribution in [0.4, 0.5) is 8.78 Å². The van der Waals surface area contributed by atoms with Gasteiger partial charge in [-0.2, -0.15) is 11.8 Å². The molecule has 2 aromatic carbocycles. The van der Waals surface area contributed by atoms with Crippen LogP contribution in [0.5, 0.6) is 0 Å². The Hall–Kier alpha value is -1.99. The van der Waals surface area contributed by atoms with Crippen LogP contribution in [0.25, 0.3) is 10.2 Å². The zero-order valence-electron chi connectivity index (χ0n) is 13.8. The van der Waals surface area contributed by atoms with Gasteiger partial charge in [-0.1, -0.05) is 12.1 Å². The van der Waals surface area contributed by atoms with Crippen LogP contribution in [0, 0.1) is 11.6 Å². The topological polar surface area (TPSA) is 33.2 Å². The summed E-state index contributed by atoms with van der Waals surface area (Å²) in [7, 11) is 0. The van der Waals surface area contributed by atoms with Crippen molar-refractivity contribution < 1.29 is 13.6 Å². The molecule has 134 valence electrons. The van der Waals surface area contributed by atoms with Crippen molar-refractivity contribution in [2.45, 2.75) is 11.7 Å². The largest absolute Gasteiger partial charge is 0.336 e. The lowest BCUT2D eigenvalue weighted by atomic mass is 10.1. The normalized spacial score (nSPS) is 18.1. The van der Waals surface area contributed by atoms with Gasteiger partial charge in [-0.3, -0.25) is 4.79 Å². The van der Waals surface area contributed by atoms with E-state index in [9.17, 15) is 13.6 Å². The summed E-state index contributed by atoms with van der Waals surface area (Å²) in [5, 5.41) is 0.324. The quantitative estimate of drug-likeness (QED) is 0.624. The highest BCUT2D eigenvalue weighted by atomic mass is 32.2. The Kier molecular flexibility index (Phi) is 4.91. The summed E-state index contributed by atoms with van der Waals surface area (Å²) in [4.78, 5) is 19.0. The van der Waals surface area contributed by atoms with Gasteiger partial charge in [-0.25, -0.2) is 13.8 Å². The standard InChI is InChI=1S/C19H16F2N2OS2/c20-12-5-6-14(21)13(11-12)16-7-8-23(9-10-25-16)19(24)18-22-15-3-1-2-4-17(15)26-18/h1-6,11,16H,7-10H2/t16-/m1/s1. The lowest BCUT2D eigenvalue weighted by Gasteiger charge is -2.19. The van der Waals surface area contributed by atoms with Crippen molar-refractivity contribution in [2.75, 3.05) is 18.8 Å². The van der Waals surface area contributed by atoms with E-state index in [1.807, 2.05) is 24.3 Å². The first kappa shape index (κ1) is 17.4. The van der Waals surface area contributed by atoms with E-state index < -0.39 is 11.6 Å². The molecule has 0 saturated carbocycles. The van der Waals surface area contributed by atoms with Gasteiger partial charge in [0.25, 0.3) is 5.91 Å². The van der Waals surface area contributed by atoms with Crippen LogP contribution in [0.15, 0.2) is 42.5 Å². The summed E-state index contributed by atoms with van der Waals surface area (Å²) in [6, 6.07) is 11.2. The number of carbonyl (C=O) groups excluding carboxylic acids is 1. The predicted octanol–water partition coefficient (Wildman–Crippen LogP) is 4.89. The first-order chi connectivity index (χ1) is 12.6. The van der Waals surface area contributed by atoms with Crippen molar-refractivity contribution in [3.63, 3.8) is 0 Å². The fourth-order valence-electron chi connectivity index (χ4n) is 3.08. The van der Waals surface area contributed by atoms with Gasteiger partial charge in [-0.15, -0.1) is 11.3 Å². The highest BCUT2D eigenvalue weighted by Crippen LogP contribution is 2.36. The number of halogens is 2. The summed E-state index contributed by atoms with van der Waals surface area (Å²) in [5.74, 6) is -0.243. The number of nitrogens with zero attached hydrogens (tertiary/aromatic N) is 2. The van der Waals surface area contributed by atoms with Crippen LogP contribution in [-0.2, 0) is 0 Å². The number of rotatable bonds is 2. The van der Waals surface area contributed by atoms with E-state index >= 15 is 0 Å². The van der Waals surface area contributed by atoms with Gasteiger partial charge in [0.2, 0.25) is 0 Å². The van der Waals surface area contributed by atoms with Crippen molar-refractivity contribution in [3.8, 4) is 0 Å². The molecule has 1 amide bonds. The smallest absolute Gasteiger partial charge is 0.282 e. The van der Waals surface area contributed by atoms with Crippen molar-refractivity contribution in [1.82, 2.24) is 9.88 Å². The molecule has 1 atom stereocenters. The molecule has 0 radical (unpaired) electrons. The van der Waals surface area contributed by atoms with Crippen molar-refractivity contribution in [3.05, 3.63) is 64.7 Å². The number of amides is 1. The summed E-state index contributed by atoms with van der Waals surface area (Å²) in [5.41, 5.74) is 1.20. The van der Waals surface area contributed by atoms with E-state index in [-0.39, 0.29) is 11.2 Å². The van der Waals surface area contributed by atoms with Gasteiger partial charge in [0.15, 0.2) is 5.01 Å². The number of para-hydroxylation sites is 1. The summed E-state index contributed by atoms with van der Waals surface area (Å²) in [6.45, 7) is 1.08. The van der Waals surface area contributed by atoms with Gasteiger partial charge in [0.05, 0.1) is 10.2 Å². The molecule has 0 spiro atoms. The summed E-state index contributed by atoms with van der Waals surface area (Å²) >= 11 is 2.95. The second kappa shape index (κ2) is 7.32. The van der Waals surface area contributed by atoms with Crippen LogP contribution in [0.3, 0.4) is 0 Å². The van der Waals surface area contributed by atoms with Crippen LogP contribution >= 0.6 is 23.1 Å². The Bertz CT molecular complexity index is 927. The monoisotopic (exact) mass is 390 g/mol. The van der Waals surface area contributed by atoms with Crippen LogP contribution in [0.1, 0.15) is 27.0 Å². The molecule has 0 aliphatic carbocycles. The number of hydrogen-bond donors (Lipinski definition) is 0. The number of thiazole rings is 1. The molecular formula is C19H16F2N2OS2. The Morgan fingerprint density at radius 2 is 2.00 bits per heavy atom. The van der Waals surface area contributed by atoms with Crippen molar-refractivity contribution in [1.29, 1.82) is 0 Å². The molecule has 2 heterocycles. The van der Waals surface area contributed by atoms with Gasteiger partial charge < -0.3 is 4.90 Å². The maximum atomic E-state index is 14.1. The molecule has 1 aliphatic heterocycles. The minimum atomic E-state index is -0.436. The zero-order valence-corrected chi connectivity index (χ0v) is 15.5. The second-order valence-electron chi connectivity index (χ2n) is 6.09. The number of hydrogen-bond acceptors (Lipinski definition) is 4. The summed E-state index contributed by atoms with van der Waals surface area (Å²) in [6.07, 6.45) is 0.585. The molecule has 1 aromatic heterocycles. The Labute approximate surface area is 158 Å². The molecule has 0 unspecified atom stereocenters. The summed E-state index contributed by atoms with van der Waals surface area (Å²) < 4.78 is 28.5. The van der Waals surface area contributed by atoms with E-state index in [2.05, 4.69) is 4.98 Å². The fraction of sp³-hybridized carbons (Fsp3) is 0.263. The molecule has 7 heteroatoms. The Morgan fingerprint density at radius 3 is 2.85 bits per heavy atom. The number of carbonyl (C=O) groups is 1. The molecule has 1 aliphatic rings. The van der Waals surface area contributed by atoms with Crippen molar-refractivity contribution >= 4 is 39.2 Å². The average molecular weight is 390 g/mol. The number of fused-ring (bicyclic) bond motifs is 1. The average Bonchev–Trinajstić information content (AvgIpc) is 2.93. The predicted molar refractivity (Wildman–Crippen MR) is 102 cm³/mol. The van der Waals surface area contributed by atoms with Crippen LogP contribution in [-0.4, -0.2) is 34.6 Å². The number of aromatic nitrogens is 1. The highest BCUT2D eigenvalue weighted by molar-refractivity contribution is 7.99. The van der Waals surface area contributed by atoms with Gasteiger partial charge in [-0.05, 0) is 36.8 Å².